The van der Waals surface area contributed by atoms with Crippen molar-refractivity contribution in [1.82, 2.24) is 19.9 Å². The molecule has 0 unspecified atom stereocenters. The molecular formula is C68H52BCl2F2N7O2. The van der Waals surface area contributed by atoms with E-state index >= 15 is 4.39 Å². The zero-order chi connectivity index (χ0) is 58.6. The third-order valence-electron chi connectivity index (χ3n) is 11.6. The van der Waals surface area contributed by atoms with Gasteiger partial charge >= 0.3 is 7.12 Å². The maximum absolute atomic E-state index is 16.0. The van der Waals surface area contributed by atoms with E-state index < -0.39 is 12.9 Å². The van der Waals surface area contributed by atoms with Gasteiger partial charge in [-0.05, 0) is 53.0 Å². The zero-order valence-corrected chi connectivity index (χ0v) is 46.3. The van der Waals surface area contributed by atoms with Gasteiger partial charge in [0.2, 0.25) is 7.05 Å². The molecule has 0 atom stereocenters. The van der Waals surface area contributed by atoms with Gasteiger partial charge in [-0.1, -0.05) is 236 Å². The number of benzene rings is 9. The monoisotopic (exact) mass is 1120 g/mol. The molecule has 2 aromatic heterocycles. The molecule has 0 bridgehead atoms. The van der Waals surface area contributed by atoms with E-state index in [1.807, 2.05) is 212 Å². The summed E-state index contributed by atoms with van der Waals surface area (Å²) in [4.78, 5) is 22.0. The Kier molecular flexibility index (Phi) is 24.0. The molecule has 0 aliphatic carbocycles. The lowest BCUT2D eigenvalue weighted by Gasteiger charge is -2.14. The molecule has 0 saturated carbocycles. The Morgan fingerprint density at radius 3 is 0.878 bits per heavy atom. The van der Waals surface area contributed by atoms with E-state index in [-0.39, 0.29) is 15.9 Å². The maximum atomic E-state index is 16.0. The van der Waals surface area contributed by atoms with E-state index in [9.17, 15) is 4.39 Å². The lowest BCUT2D eigenvalue weighted by molar-refractivity contribution is 0.426. The van der Waals surface area contributed by atoms with E-state index in [0.717, 1.165) is 61.7 Å². The molecule has 2 N–H and O–H groups in total. The van der Waals surface area contributed by atoms with Gasteiger partial charge in [0.1, 0.15) is 5.82 Å². The summed E-state index contributed by atoms with van der Waals surface area (Å²) in [7, 11) is 0.0752. The fourth-order valence-corrected chi connectivity index (χ4v) is 8.39. The lowest BCUT2D eigenvalue weighted by Crippen LogP contribution is -2.29. The number of nitrogens with zero attached hydrogens (tertiary/aromatic N) is 7. The predicted molar refractivity (Wildman–Crippen MR) is 329 cm³/mol. The van der Waals surface area contributed by atoms with Crippen LogP contribution in [0.2, 0.25) is 10.0 Å². The van der Waals surface area contributed by atoms with Crippen LogP contribution in [0.1, 0.15) is 13.8 Å². The molecule has 0 saturated heterocycles. The first-order valence-corrected chi connectivity index (χ1v) is 26.1. The molecule has 9 nitrogen and oxygen atoms in total. The van der Waals surface area contributed by atoms with Crippen LogP contribution in [0, 0.1) is 40.9 Å². The van der Waals surface area contributed by atoms with Crippen LogP contribution in [0.5, 0.6) is 0 Å². The van der Waals surface area contributed by atoms with Crippen molar-refractivity contribution in [3.8, 4) is 102 Å². The quantitative estimate of drug-likeness (QED) is 0.0826. The summed E-state index contributed by atoms with van der Waals surface area (Å²) in [5, 5.41) is 31.7. The molecule has 82 heavy (non-hydrogen) atoms. The summed E-state index contributed by atoms with van der Waals surface area (Å²) in [5.74, 6) is 0.0711. The first kappa shape index (κ1) is 61.3. The summed E-state index contributed by atoms with van der Waals surface area (Å²) < 4.78 is 29.8. The second kappa shape index (κ2) is 32.2. The molecule has 0 fully saturated rings. The minimum Gasteiger partial charge on any atom is -0.423 e. The minimum absolute atomic E-state index is 0.0625. The van der Waals surface area contributed by atoms with E-state index in [2.05, 4.69) is 14.8 Å². The number of aromatic nitrogens is 4. The molecule has 9 aromatic carbocycles. The Labute approximate surface area is 487 Å². The second-order valence-corrected chi connectivity index (χ2v) is 18.0. The first-order valence-electron chi connectivity index (χ1n) is 25.3. The van der Waals surface area contributed by atoms with Crippen LogP contribution < -0.4 is 5.46 Å². The van der Waals surface area contributed by atoms with Gasteiger partial charge in [-0.15, -0.1) is 0 Å². The Balaban J connectivity index is 0.000000209. The van der Waals surface area contributed by atoms with Gasteiger partial charge in [-0.25, -0.2) is 35.3 Å². The number of nitriles is 2. The van der Waals surface area contributed by atoms with Crippen molar-refractivity contribution in [1.29, 1.82) is 10.5 Å². The summed E-state index contributed by atoms with van der Waals surface area (Å²) >= 11 is 11.9. The SMILES string of the molecule is CC#N.CC#N.Fc1c(-c2ccccc2)cc(-c2nc(-c3ccccc3)cc(-c3ccccc3)n2)cc1-c1ccccc1.Fc1c(Cl)cc(-c2nc(-c3ccccc3)cc(-c3ccccc3)n2)cc1Cl.OB(O)c1ccccc1.[C-]#[N+]C. The zero-order valence-electron chi connectivity index (χ0n) is 44.8. The Morgan fingerprint density at radius 2 is 0.634 bits per heavy atom. The molecule has 11 rings (SSSR count). The fourth-order valence-electron chi connectivity index (χ4n) is 7.90. The third kappa shape index (κ3) is 17.5. The lowest BCUT2D eigenvalue weighted by atomic mass is 9.81. The van der Waals surface area contributed by atoms with Crippen LogP contribution in [-0.2, 0) is 0 Å². The number of hydrogen-bond donors (Lipinski definition) is 2. The van der Waals surface area contributed by atoms with Crippen LogP contribution >= 0.6 is 23.2 Å². The Hall–Kier alpha value is -9.97. The third-order valence-corrected chi connectivity index (χ3v) is 12.1. The molecule has 0 spiro atoms. The highest BCUT2D eigenvalue weighted by Gasteiger charge is 2.19. The van der Waals surface area contributed by atoms with Gasteiger partial charge in [0.05, 0.1) is 45.0 Å². The highest BCUT2D eigenvalue weighted by atomic mass is 35.5. The van der Waals surface area contributed by atoms with Gasteiger partial charge in [0, 0.05) is 58.4 Å². The normalized spacial score (nSPS) is 9.73. The van der Waals surface area contributed by atoms with Crippen LogP contribution in [0.15, 0.2) is 249 Å². The summed E-state index contributed by atoms with van der Waals surface area (Å²) in [6.07, 6.45) is 0. The highest BCUT2D eigenvalue weighted by molar-refractivity contribution is 6.58. The molecule has 11 aromatic rings. The van der Waals surface area contributed by atoms with Crippen molar-refractivity contribution in [3.05, 3.63) is 282 Å². The second-order valence-electron chi connectivity index (χ2n) is 17.2. The smallest absolute Gasteiger partial charge is 0.423 e. The Morgan fingerprint density at radius 1 is 0.402 bits per heavy atom. The minimum atomic E-state index is -1.34. The van der Waals surface area contributed by atoms with Gasteiger partial charge < -0.3 is 14.9 Å². The van der Waals surface area contributed by atoms with Crippen LogP contribution in [0.4, 0.5) is 8.78 Å². The van der Waals surface area contributed by atoms with E-state index in [1.54, 1.807) is 36.4 Å². The van der Waals surface area contributed by atoms with Crippen LogP contribution in [0.3, 0.4) is 0 Å². The van der Waals surface area contributed by atoms with E-state index in [0.29, 0.717) is 33.8 Å². The average Bonchev–Trinajstić information content (AvgIpc) is 3.60. The molecule has 0 aliphatic heterocycles. The average molecular weight is 1120 g/mol. The first-order chi connectivity index (χ1) is 39.9. The van der Waals surface area contributed by atoms with Gasteiger partial charge in [-0.3, -0.25) is 0 Å². The summed E-state index contributed by atoms with van der Waals surface area (Å²) in [5.41, 5.74) is 11.6. The van der Waals surface area contributed by atoms with Crippen molar-refractivity contribution < 1.29 is 18.8 Å². The van der Waals surface area contributed by atoms with E-state index in [4.69, 9.17) is 60.3 Å². The summed E-state index contributed by atoms with van der Waals surface area (Å²) in [6.45, 7) is 8.69. The molecule has 0 radical (unpaired) electrons. The fraction of sp³-hybridized carbons (Fsp3) is 0.0441. The topological polar surface area (TPSA) is 144 Å². The van der Waals surface area contributed by atoms with Crippen molar-refractivity contribution >= 4 is 35.8 Å². The molecule has 2 heterocycles. The molecule has 402 valence electrons. The van der Waals surface area contributed by atoms with Crippen molar-refractivity contribution in [2.45, 2.75) is 13.8 Å². The standard InChI is InChI=1S/C34H23FN2.C22H13Cl2FN2.C6H7BO2.3C2H3N/c35-33-29(24-13-5-1-6-14-24)21-28(22-30(33)25-15-7-2-8-16-25)34-36-31(26-17-9-3-10-18-26)23-32(37-34)27-19-11-4-12-20-27;23-17-11-16(12-18(24)21(17)25)22-26-19(14-7-3-1-4-8-14)13-20(27-22)15-9-5-2-6-10-15;8-7(9)6-4-2-1-3-5-6;1-3-2;2*1-2-3/h1-23H;1-13H;1-5,8-9H;3*1H3. The molecular weight excluding hydrogens is 1070 g/mol. The largest absolute Gasteiger partial charge is 0.488 e. The number of hydrogen-bond acceptors (Lipinski definition) is 8. The van der Waals surface area contributed by atoms with Gasteiger partial charge in [-0.2, -0.15) is 10.5 Å². The Bertz CT molecular complexity index is 3670. The van der Waals surface area contributed by atoms with Crippen LogP contribution in [-0.4, -0.2) is 44.2 Å². The number of rotatable bonds is 9. The predicted octanol–water partition coefficient (Wildman–Crippen LogP) is 16.8. The molecule has 14 heteroatoms. The van der Waals surface area contributed by atoms with Crippen molar-refractivity contribution in [3.63, 3.8) is 0 Å². The highest BCUT2D eigenvalue weighted by Crippen LogP contribution is 2.37. The van der Waals surface area contributed by atoms with Gasteiger partial charge in [0.15, 0.2) is 17.5 Å². The number of halogens is 4. The van der Waals surface area contributed by atoms with Crippen molar-refractivity contribution in [2.24, 2.45) is 0 Å². The molecule has 0 aliphatic rings. The summed E-state index contributed by atoms with van der Waals surface area (Å²) in [6, 6.07) is 81.8. The van der Waals surface area contributed by atoms with Crippen LogP contribution in [0.25, 0.3) is 94.9 Å². The van der Waals surface area contributed by atoms with Gasteiger partial charge in [0.25, 0.3) is 0 Å². The maximum Gasteiger partial charge on any atom is 0.488 e. The van der Waals surface area contributed by atoms with E-state index in [1.165, 1.54) is 33.0 Å². The molecule has 0 amide bonds. The van der Waals surface area contributed by atoms with Crippen molar-refractivity contribution in [2.75, 3.05) is 7.05 Å².